The lowest BCUT2D eigenvalue weighted by molar-refractivity contribution is 0.597. The van der Waals surface area contributed by atoms with Crippen LogP contribution in [0, 0.1) is 0 Å². The van der Waals surface area contributed by atoms with E-state index in [1.807, 2.05) is 6.07 Å². The summed E-state index contributed by atoms with van der Waals surface area (Å²) in [7, 11) is 0. The smallest absolute Gasteiger partial charge is 0.117 e. The zero-order chi connectivity index (χ0) is 13.5. The summed E-state index contributed by atoms with van der Waals surface area (Å²) in [6.45, 7) is 6.40. The van der Waals surface area contributed by atoms with Gasteiger partial charge in [-0.1, -0.05) is 39.2 Å². The van der Waals surface area contributed by atoms with Crippen molar-refractivity contribution in [3.63, 3.8) is 0 Å². The van der Waals surface area contributed by atoms with E-state index in [2.05, 4.69) is 40.6 Å². The topological polar surface area (TPSA) is 53.6 Å². The number of hydrogen-bond donors (Lipinski definition) is 2. The number of nitrogens with zero attached hydrogens (tertiary/aromatic N) is 2. The lowest BCUT2D eigenvalue weighted by atomic mass is 10.0. The van der Waals surface area contributed by atoms with Crippen molar-refractivity contribution in [1.82, 2.24) is 20.7 Å². The predicted molar refractivity (Wildman–Crippen MR) is 79.1 cm³/mol. The molecule has 0 spiro atoms. The van der Waals surface area contributed by atoms with E-state index in [9.17, 15) is 0 Å². The van der Waals surface area contributed by atoms with Gasteiger partial charge in [-0.15, -0.1) is 0 Å². The van der Waals surface area contributed by atoms with E-state index >= 15 is 0 Å². The summed E-state index contributed by atoms with van der Waals surface area (Å²) in [4.78, 5) is 0. The first-order chi connectivity index (χ1) is 9.36. The second-order valence-corrected chi connectivity index (χ2v) is 4.99. The van der Waals surface area contributed by atoms with Gasteiger partial charge in [0.25, 0.3) is 0 Å². The summed E-state index contributed by atoms with van der Waals surface area (Å²) in [6.07, 6.45) is 6.23. The molecule has 0 aliphatic heterocycles. The van der Waals surface area contributed by atoms with Gasteiger partial charge in [-0.05, 0) is 36.6 Å². The first-order valence-corrected chi connectivity index (χ1v) is 7.38. The van der Waals surface area contributed by atoms with Crippen molar-refractivity contribution in [3.8, 4) is 0 Å². The highest BCUT2D eigenvalue weighted by molar-refractivity contribution is 5.78. The van der Waals surface area contributed by atoms with E-state index in [1.165, 1.54) is 36.8 Å². The van der Waals surface area contributed by atoms with Crippen LogP contribution in [0.15, 0.2) is 12.1 Å². The number of aromatic amines is 1. The Labute approximate surface area is 115 Å². The first-order valence-electron chi connectivity index (χ1n) is 7.38. The van der Waals surface area contributed by atoms with Crippen LogP contribution >= 0.6 is 0 Å². The minimum absolute atomic E-state index is 0.888. The van der Waals surface area contributed by atoms with Crippen molar-refractivity contribution in [3.05, 3.63) is 23.3 Å². The Balaban J connectivity index is 1.96. The molecule has 0 unspecified atom stereocenters. The zero-order valence-corrected chi connectivity index (χ0v) is 12.0. The largest absolute Gasteiger partial charge is 0.313 e. The number of H-pyrrole nitrogens is 1. The van der Waals surface area contributed by atoms with Crippen molar-refractivity contribution in [1.29, 1.82) is 0 Å². The molecule has 19 heavy (non-hydrogen) atoms. The lowest BCUT2D eigenvalue weighted by Gasteiger charge is -2.09. The Bertz CT molecular complexity index is 504. The Kier molecular flexibility index (Phi) is 5.33. The van der Waals surface area contributed by atoms with Crippen molar-refractivity contribution >= 4 is 11.0 Å². The summed E-state index contributed by atoms with van der Waals surface area (Å²) in [6, 6.07) is 4.21. The van der Waals surface area contributed by atoms with Crippen LogP contribution in [0.3, 0.4) is 0 Å². The molecule has 1 heterocycles. The molecule has 104 valence electrons. The van der Waals surface area contributed by atoms with Gasteiger partial charge in [-0.25, -0.2) is 0 Å². The van der Waals surface area contributed by atoms with Crippen LogP contribution in [0.4, 0.5) is 0 Å². The maximum Gasteiger partial charge on any atom is 0.117 e. The molecule has 2 N–H and O–H groups in total. The van der Waals surface area contributed by atoms with Gasteiger partial charge in [0.05, 0.1) is 0 Å². The monoisotopic (exact) mass is 260 g/mol. The van der Waals surface area contributed by atoms with Crippen LogP contribution in [0.5, 0.6) is 0 Å². The molecule has 2 aromatic rings. The van der Waals surface area contributed by atoms with Gasteiger partial charge in [0.15, 0.2) is 0 Å². The van der Waals surface area contributed by atoms with E-state index in [-0.39, 0.29) is 0 Å². The number of unbranched alkanes of at least 4 members (excludes halogenated alkanes) is 3. The van der Waals surface area contributed by atoms with Gasteiger partial charge in [0, 0.05) is 6.54 Å². The van der Waals surface area contributed by atoms with Crippen molar-refractivity contribution in [2.45, 2.75) is 52.5 Å². The van der Waals surface area contributed by atoms with E-state index in [0.717, 1.165) is 30.5 Å². The third-order valence-electron chi connectivity index (χ3n) is 3.58. The molecule has 0 saturated heterocycles. The second kappa shape index (κ2) is 7.24. The zero-order valence-electron chi connectivity index (χ0n) is 12.0. The number of hydrogen-bond acceptors (Lipinski definition) is 3. The molecular weight excluding hydrogens is 236 g/mol. The lowest BCUT2D eigenvalue weighted by Crippen LogP contribution is -2.16. The molecule has 1 aromatic heterocycles. The third-order valence-corrected chi connectivity index (χ3v) is 3.58. The van der Waals surface area contributed by atoms with Gasteiger partial charge in [0.1, 0.15) is 11.0 Å². The molecule has 0 atom stereocenters. The number of rotatable bonds is 8. The molecule has 0 aliphatic rings. The average Bonchev–Trinajstić information content (AvgIpc) is 2.91. The molecule has 4 nitrogen and oxygen atoms in total. The Morgan fingerprint density at radius 3 is 2.79 bits per heavy atom. The van der Waals surface area contributed by atoms with Crippen LogP contribution in [-0.4, -0.2) is 22.0 Å². The Hall–Kier alpha value is -1.42. The molecule has 2 rings (SSSR count). The minimum Gasteiger partial charge on any atom is -0.313 e. The van der Waals surface area contributed by atoms with E-state index in [1.54, 1.807) is 0 Å². The van der Waals surface area contributed by atoms with Gasteiger partial charge >= 0.3 is 0 Å². The second-order valence-electron chi connectivity index (χ2n) is 4.99. The molecule has 0 fully saturated rings. The first kappa shape index (κ1) is 14.0. The summed E-state index contributed by atoms with van der Waals surface area (Å²) in [5.41, 5.74) is 4.63. The maximum atomic E-state index is 4.28. The van der Waals surface area contributed by atoms with Crippen LogP contribution < -0.4 is 5.32 Å². The van der Waals surface area contributed by atoms with Crippen molar-refractivity contribution in [2.24, 2.45) is 0 Å². The summed E-state index contributed by atoms with van der Waals surface area (Å²) in [5.74, 6) is 0. The SMILES string of the molecule is CCCCCCNCc1c(CC)ccc2n[nH]nc12. The van der Waals surface area contributed by atoms with Crippen LogP contribution in [-0.2, 0) is 13.0 Å². The van der Waals surface area contributed by atoms with Gasteiger partial charge in [0.2, 0.25) is 0 Å². The molecule has 0 amide bonds. The van der Waals surface area contributed by atoms with E-state index in [0.29, 0.717) is 0 Å². The van der Waals surface area contributed by atoms with Crippen LogP contribution in [0.2, 0.25) is 0 Å². The Morgan fingerprint density at radius 2 is 2.00 bits per heavy atom. The highest BCUT2D eigenvalue weighted by Crippen LogP contribution is 2.19. The fourth-order valence-electron chi connectivity index (χ4n) is 2.43. The van der Waals surface area contributed by atoms with E-state index < -0.39 is 0 Å². The molecule has 0 bridgehead atoms. The number of nitrogens with one attached hydrogen (secondary N) is 2. The molecule has 1 aromatic carbocycles. The summed E-state index contributed by atoms with van der Waals surface area (Å²) >= 11 is 0. The molecule has 4 heteroatoms. The quantitative estimate of drug-likeness (QED) is 0.717. The van der Waals surface area contributed by atoms with Gasteiger partial charge in [-0.3, -0.25) is 0 Å². The highest BCUT2D eigenvalue weighted by Gasteiger charge is 2.09. The van der Waals surface area contributed by atoms with Gasteiger partial charge in [-0.2, -0.15) is 15.4 Å². The number of aryl methyl sites for hydroxylation is 1. The number of benzene rings is 1. The van der Waals surface area contributed by atoms with Crippen LogP contribution in [0.25, 0.3) is 11.0 Å². The van der Waals surface area contributed by atoms with Crippen molar-refractivity contribution < 1.29 is 0 Å². The van der Waals surface area contributed by atoms with E-state index in [4.69, 9.17) is 0 Å². The normalized spacial score (nSPS) is 11.3. The fourth-order valence-corrected chi connectivity index (χ4v) is 2.43. The predicted octanol–water partition coefficient (Wildman–Crippen LogP) is 3.19. The molecule has 0 radical (unpaired) electrons. The average molecular weight is 260 g/mol. The summed E-state index contributed by atoms with van der Waals surface area (Å²) in [5, 5.41) is 14.7. The third kappa shape index (κ3) is 3.53. The molecule has 0 aliphatic carbocycles. The van der Waals surface area contributed by atoms with Gasteiger partial charge < -0.3 is 5.32 Å². The highest BCUT2D eigenvalue weighted by atomic mass is 15.3. The molecular formula is C15H24N4. The number of fused-ring (bicyclic) bond motifs is 1. The minimum atomic E-state index is 0.888. The standard InChI is InChI=1S/C15H24N4/c1-3-5-6-7-10-16-11-13-12(4-2)8-9-14-15(13)18-19-17-14/h8-9,16H,3-7,10-11H2,1-2H3,(H,17,18,19). The number of aromatic nitrogens is 3. The van der Waals surface area contributed by atoms with Crippen molar-refractivity contribution in [2.75, 3.05) is 6.54 Å². The summed E-state index contributed by atoms with van der Waals surface area (Å²) < 4.78 is 0. The maximum absolute atomic E-state index is 4.28. The van der Waals surface area contributed by atoms with Crippen LogP contribution in [0.1, 0.15) is 50.7 Å². The Morgan fingerprint density at radius 1 is 1.11 bits per heavy atom. The fraction of sp³-hybridized carbons (Fsp3) is 0.600. The molecule has 0 saturated carbocycles.